The minimum atomic E-state index is -0.131. The Morgan fingerprint density at radius 1 is 0.955 bits per heavy atom. The highest BCUT2D eigenvalue weighted by Crippen LogP contribution is 2.65. The van der Waals surface area contributed by atoms with E-state index in [1.54, 1.807) is 31.4 Å². The molecule has 22 heavy (non-hydrogen) atoms. The summed E-state index contributed by atoms with van der Waals surface area (Å²) in [5.74, 6) is 2.28. The van der Waals surface area contributed by atoms with Crippen molar-refractivity contribution in [1.29, 1.82) is 0 Å². The van der Waals surface area contributed by atoms with Gasteiger partial charge in [-0.15, -0.1) is 0 Å². The van der Waals surface area contributed by atoms with Crippen LogP contribution >= 0.6 is 0 Å². The zero-order valence-corrected chi connectivity index (χ0v) is 12.3. The van der Waals surface area contributed by atoms with Crippen LogP contribution in [0.1, 0.15) is 6.42 Å². The molecule has 1 aromatic rings. The fourth-order valence-corrected chi connectivity index (χ4v) is 4.94. The van der Waals surface area contributed by atoms with E-state index >= 15 is 0 Å². The molecule has 0 unspecified atom stereocenters. The van der Waals surface area contributed by atoms with Crippen molar-refractivity contribution in [3.05, 3.63) is 36.4 Å². The Kier molecular flexibility index (Phi) is 2.26. The Morgan fingerprint density at radius 3 is 2.00 bits per heavy atom. The zero-order valence-electron chi connectivity index (χ0n) is 12.3. The number of methoxy groups -OCH3 is 1. The summed E-state index contributed by atoms with van der Waals surface area (Å²) >= 11 is 0. The van der Waals surface area contributed by atoms with Crippen molar-refractivity contribution in [1.82, 2.24) is 0 Å². The van der Waals surface area contributed by atoms with E-state index in [1.807, 2.05) is 0 Å². The minimum absolute atomic E-state index is 0.00938. The predicted molar refractivity (Wildman–Crippen MR) is 80.2 cm³/mol. The van der Waals surface area contributed by atoms with Gasteiger partial charge in [0.05, 0.1) is 24.6 Å². The van der Waals surface area contributed by atoms with Crippen LogP contribution in [0.2, 0.25) is 0 Å². The molecule has 6 atom stereocenters. The standard InChI is InChI=1S/C18H17NO3/c1-22-10-4-2-9(3-5-10)19-17(20)15-11-6-7-12(14-8-13(11)14)16(15)18(19)21/h2-7,11-16H,8H2,1H3/t11-,12-,13-,14+,15-,16+/m1/s1. The van der Waals surface area contributed by atoms with E-state index in [-0.39, 0.29) is 35.5 Å². The second-order valence-corrected chi connectivity index (χ2v) is 6.86. The van der Waals surface area contributed by atoms with Crippen LogP contribution in [-0.4, -0.2) is 18.9 Å². The molecule has 112 valence electrons. The van der Waals surface area contributed by atoms with Crippen LogP contribution in [-0.2, 0) is 9.59 Å². The molecule has 2 amide bonds. The molecule has 4 heteroatoms. The number of carbonyl (C=O) groups is 2. The molecular formula is C18H17NO3. The van der Waals surface area contributed by atoms with Crippen LogP contribution in [0.25, 0.3) is 0 Å². The van der Waals surface area contributed by atoms with Gasteiger partial charge >= 0.3 is 0 Å². The first-order valence-electron chi connectivity index (χ1n) is 7.91. The maximum absolute atomic E-state index is 12.9. The number of carbonyl (C=O) groups excluding carboxylic acids is 2. The molecule has 0 spiro atoms. The van der Waals surface area contributed by atoms with Gasteiger partial charge in [0.15, 0.2) is 0 Å². The summed E-state index contributed by atoms with van der Waals surface area (Å²) in [6.07, 6.45) is 5.59. The number of amides is 2. The number of anilines is 1. The Morgan fingerprint density at radius 2 is 1.50 bits per heavy atom. The lowest BCUT2D eigenvalue weighted by molar-refractivity contribution is -0.124. The van der Waals surface area contributed by atoms with Gasteiger partial charge in [0.25, 0.3) is 0 Å². The SMILES string of the molecule is COc1ccc(N2C(=O)[C@@H]3[C@@H]4C=C[C@H]([C@@H]5C[C@H]45)[C@@H]3C2=O)cc1. The topological polar surface area (TPSA) is 46.6 Å². The fourth-order valence-electron chi connectivity index (χ4n) is 4.94. The second-order valence-electron chi connectivity index (χ2n) is 6.86. The van der Waals surface area contributed by atoms with Gasteiger partial charge in [-0.1, -0.05) is 12.2 Å². The number of imide groups is 1. The quantitative estimate of drug-likeness (QED) is 0.621. The highest BCUT2D eigenvalue weighted by molar-refractivity contribution is 6.22. The van der Waals surface area contributed by atoms with Crippen molar-refractivity contribution < 1.29 is 14.3 Å². The van der Waals surface area contributed by atoms with Crippen LogP contribution in [0.3, 0.4) is 0 Å². The van der Waals surface area contributed by atoms with Gasteiger partial charge in [0, 0.05) is 0 Å². The van der Waals surface area contributed by atoms with Gasteiger partial charge in [-0.3, -0.25) is 14.5 Å². The van der Waals surface area contributed by atoms with Gasteiger partial charge in [-0.05, 0) is 54.4 Å². The molecule has 3 fully saturated rings. The third kappa shape index (κ3) is 1.38. The summed E-state index contributed by atoms with van der Waals surface area (Å²) in [4.78, 5) is 27.2. The fraction of sp³-hybridized carbons (Fsp3) is 0.444. The van der Waals surface area contributed by atoms with Crippen molar-refractivity contribution in [2.24, 2.45) is 35.5 Å². The monoisotopic (exact) mass is 295 g/mol. The molecule has 1 saturated heterocycles. The largest absolute Gasteiger partial charge is 0.497 e. The third-order valence-corrected chi connectivity index (χ3v) is 5.99. The van der Waals surface area contributed by atoms with E-state index in [4.69, 9.17) is 4.74 Å². The molecule has 4 nitrogen and oxygen atoms in total. The van der Waals surface area contributed by atoms with Crippen LogP contribution in [0.4, 0.5) is 5.69 Å². The first-order chi connectivity index (χ1) is 10.7. The lowest BCUT2D eigenvalue weighted by atomic mass is 9.63. The summed E-state index contributed by atoms with van der Waals surface area (Å²) in [5, 5.41) is 0. The smallest absolute Gasteiger partial charge is 0.238 e. The number of hydrogen-bond donors (Lipinski definition) is 0. The lowest BCUT2D eigenvalue weighted by Gasteiger charge is -2.37. The summed E-state index contributed by atoms with van der Waals surface area (Å²) in [5.41, 5.74) is 0.665. The summed E-state index contributed by atoms with van der Waals surface area (Å²) in [6, 6.07) is 7.18. The van der Waals surface area contributed by atoms with Gasteiger partial charge in [0.2, 0.25) is 11.8 Å². The predicted octanol–water partition coefficient (Wildman–Crippen LogP) is 2.25. The van der Waals surface area contributed by atoms with Crippen molar-refractivity contribution in [3.8, 4) is 5.75 Å². The Bertz CT molecular complexity index is 672. The van der Waals surface area contributed by atoms with E-state index in [0.717, 1.165) is 5.75 Å². The summed E-state index contributed by atoms with van der Waals surface area (Å²) < 4.78 is 5.15. The number of rotatable bonds is 2. The second kappa shape index (κ2) is 4.00. The molecule has 2 bridgehead atoms. The van der Waals surface area contributed by atoms with Gasteiger partial charge in [0.1, 0.15) is 5.75 Å². The molecule has 1 aliphatic heterocycles. The lowest BCUT2D eigenvalue weighted by Crippen LogP contribution is -2.40. The van der Waals surface area contributed by atoms with Crippen molar-refractivity contribution in [3.63, 3.8) is 0 Å². The van der Waals surface area contributed by atoms with Crippen molar-refractivity contribution in [2.75, 3.05) is 12.0 Å². The number of nitrogens with zero attached hydrogens (tertiary/aromatic N) is 1. The van der Waals surface area contributed by atoms with E-state index < -0.39 is 0 Å². The molecule has 2 saturated carbocycles. The minimum Gasteiger partial charge on any atom is -0.497 e. The summed E-state index contributed by atoms with van der Waals surface area (Å²) in [6.45, 7) is 0. The first-order valence-corrected chi connectivity index (χ1v) is 7.91. The van der Waals surface area contributed by atoms with Gasteiger partial charge < -0.3 is 4.74 Å². The molecule has 4 aliphatic carbocycles. The van der Waals surface area contributed by atoms with Crippen molar-refractivity contribution >= 4 is 17.5 Å². The number of benzene rings is 1. The molecule has 0 radical (unpaired) electrons. The maximum Gasteiger partial charge on any atom is 0.238 e. The molecule has 0 aromatic heterocycles. The Labute approximate surface area is 128 Å². The highest BCUT2D eigenvalue weighted by Gasteiger charge is 2.67. The van der Waals surface area contributed by atoms with Crippen LogP contribution in [0.15, 0.2) is 36.4 Å². The van der Waals surface area contributed by atoms with E-state index in [0.29, 0.717) is 17.5 Å². The maximum atomic E-state index is 12.9. The van der Waals surface area contributed by atoms with Crippen molar-refractivity contribution in [2.45, 2.75) is 6.42 Å². The van der Waals surface area contributed by atoms with Gasteiger partial charge in [-0.2, -0.15) is 0 Å². The molecule has 6 rings (SSSR count). The Hall–Kier alpha value is -2.10. The summed E-state index contributed by atoms with van der Waals surface area (Å²) in [7, 11) is 1.60. The van der Waals surface area contributed by atoms with Gasteiger partial charge in [-0.25, -0.2) is 0 Å². The number of hydrogen-bond acceptors (Lipinski definition) is 3. The normalized spacial score (nSPS) is 40.7. The molecule has 5 aliphatic rings. The van der Waals surface area contributed by atoms with E-state index in [9.17, 15) is 9.59 Å². The molecular weight excluding hydrogens is 278 g/mol. The average molecular weight is 295 g/mol. The van der Waals surface area contributed by atoms with Crippen LogP contribution < -0.4 is 9.64 Å². The molecule has 1 aromatic carbocycles. The average Bonchev–Trinajstić information content (AvgIpc) is 3.32. The van der Waals surface area contributed by atoms with E-state index in [1.165, 1.54) is 11.3 Å². The molecule has 1 heterocycles. The first kappa shape index (κ1) is 12.4. The molecule has 0 N–H and O–H groups in total. The third-order valence-electron chi connectivity index (χ3n) is 5.99. The zero-order chi connectivity index (χ0) is 15.0. The van der Waals surface area contributed by atoms with E-state index in [2.05, 4.69) is 12.2 Å². The number of allylic oxidation sites excluding steroid dienone is 2. The highest BCUT2D eigenvalue weighted by atomic mass is 16.5. The van der Waals surface area contributed by atoms with Crippen LogP contribution in [0.5, 0.6) is 5.75 Å². The number of ether oxygens (including phenoxy) is 1. The Balaban J connectivity index is 1.54. The van der Waals surface area contributed by atoms with Crippen LogP contribution in [0, 0.1) is 35.5 Å².